The Hall–Kier alpha value is -1.96. The van der Waals surface area contributed by atoms with Crippen LogP contribution >= 0.6 is 0 Å². The van der Waals surface area contributed by atoms with E-state index in [1.807, 2.05) is 18.2 Å². The number of rotatable bonds is 31. The van der Waals surface area contributed by atoms with Crippen LogP contribution in [0.2, 0.25) is 0 Å². The molecule has 49 heavy (non-hydrogen) atoms. The molecule has 1 aromatic carbocycles. The molecule has 0 radical (unpaired) electrons. The van der Waals surface area contributed by atoms with E-state index in [0.29, 0.717) is 13.2 Å². The summed E-state index contributed by atoms with van der Waals surface area (Å²) in [4.78, 5) is 39.5. The van der Waals surface area contributed by atoms with Gasteiger partial charge in [0.1, 0.15) is 6.10 Å². The highest BCUT2D eigenvalue weighted by molar-refractivity contribution is 5.74. The molecule has 1 saturated heterocycles. The Morgan fingerprint density at radius 2 is 1.22 bits per heavy atom. The Labute approximate surface area is 300 Å². The van der Waals surface area contributed by atoms with E-state index in [4.69, 9.17) is 19.2 Å². The van der Waals surface area contributed by atoms with Gasteiger partial charge in [-0.3, -0.25) is 9.68 Å². The summed E-state index contributed by atoms with van der Waals surface area (Å²) in [7, 11) is 0. The molecule has 0 aromatic heterocycles. The molecule has 0 bridgehead atoms. The molecule has 0 saturated carbocycles. The van der Waals surface area contributed by atoms with Gasteiger partial charge in [-0.15, -0.1) is 0 Å². The van der Waals surface area contributed by atoms with Gasteiger partial charge in [0.25, 0.3) is 0 Å². The molecule has 2 rings (SSSR count). The minimum atomic E-state index is -0.457. The number of esters is 1. The largest absolute Gasteiger partial charge is 0.462 e. The Kier molecular flexibility index (Phi) is 25.3. The van der Waals surface area contributed by atoms with Crippen molar-refractivity contribution in [3.63, 3.8) is 0 Å². The minimum absolute atomic E-state index is 0.0278. The number of ether oxygens (including phenoxy) is 2. The van der Waals surface area contributed by atoms with Crippen LogP contribution in [0.1, 0.15) is 174 Å². The monoisotopic (exact) mass is 688 g/mol. The van der Waals surface area contributed by atoms with Crippen molar-refractivity contribution in [2.75, 3.05) is 32.8 Å². The number of likely N-dealkylation sites (tertiary alicyclic amines) is 1. The third-order valence-electron chi connectivity index (χ3n) is 10.1. The number of carbonyl (C=O) groups is 2. The molecule has 0 aliphatic carbocycles. The van der Waals surface area contributed by atoms with Gasteiger partial charge in [0.2, 0.25) is 0 Å². The molecule has 1 aliphatic heterocycles. The molecular formula is C42H73NO6. The first-order valence-corrected chi connectivity index (χ1v) is 20.4. The van der Waals surface area contributed by atoms with E-state index in [-0.39, 0.29) is 30.9 Å². The van der Waals surface area contributed by atoms with Crippen LogP contribution in [-0.4, -0.2) is 55.8 Å². The summed E-state index contributed by atoms with van der Waals surface area (Å²) in [5, 5.41) is 0. The van der Waals surface area contributed by atoms with Crippen molar-refractivity contribution in [3.8, 4) is 0 Å². The minimum Gasteiger partial charge on any atom is -0.462 e. The van der Waals surface area contributed by atoms with Gasteiger partial charge >= 0.3 is 11.9 Å². The number of carbonyl (C=O) groups excluding carboxylic acids is 2. The Morgan fingerprint density at radius 3 is 1.86 bits per heavy atom. The highest BCUT2D eigenvalue weighted by Gasteiger charge is 2.40. The zero-order valence-electron chi connectivity index (χ0n) is 31.9. The van der Waals surface area contributed by atoms with E-state index in [0.717, 1.165) is 96.9 Å². The van der Waals surface area contributed by atoms with Crippen LogP contribution in [0.25, 0.3) is 0 Å². The number of piperidine rings is 1. The van der Waals surface area contributed by atoms with Gasteiger partial charge < -0.3 is 14.4 Å². The van der Waals surface area contributed by atoms with Crippen LogP contribution in [0.15, 0.2) is 30.3 Å². The molecule has 0 amide bonds. The van der Waals surface area contributed by atoms with E-state index in [1.54, 1.807) is 0 Å². The second-order valence-electron chi connectivity index (χ2n) is 14.6. The van der Waals surface area contributed by atoms with Crippen LogP contribution in [0.4, 0.5) is 0 Å². The Morgan fingerprint density at radius 1 is 0.673 bits per heavy atom. The lowest BCUT2D eigenvalue weighted by Gasteiger charge is -2.41. The summed E-state index contributed by atoms with van der Waals surface area (Å²) in [6, 6.07) is 10.3. The predicted octanol–water partition coefficient (Wildman–Crippen LogP) is 10.9. The number of benzene rings is 1. The first kappa shape index (κ1) is 43.2. The quantitative estimate of drug-likeness (QED) is 0.0333. The molecule has 1 aromatic rings. The molecule has 7 heteroatoms. The zero-order chi connectivity index (χ0) is 35.3. The molecule has 0 N–H and O–H groups in total. The number of nitrogens with zero attached hydrogens (tertiary/aromatic N) is 1. The van der Waals surface area contributed by atoms with E-state index >= 15 is 0 Å². The summed E-state index contributed by atoms with van der Waals surface area (Å²) in [5.74, 6) is -0.522. The molecule has 7 nitrogen and oxygen atoms in total. The number of unbranched alkanes of at least 4 members (excludes halogenated alkanes) is 13. The lowest BCUT2D eigenvalue weighted by Crippen LogP contribution is -2.43. The van der Waals surface area contributed by atoms with E-state index < -0.39 is 5.41 Å². The fourth-order valence-corrected chi connectivity index (χ4v) is 6.93. The molecular weight excluding hydrogens is 614 g/mol. The van der Waals surface area contributed by atoms with Crippen molar-refractivity contribution >= 4 is 11.9 Å². The van der Waals surface area contributed by atoms with Crippen molar-refractivity contribution in [1.82, 2.24) is 4.90 Å². The normalized spacial score (nSPS) is 14.7. The summed E-state index contributed by atoms with van der Waals surface area (Å²) in [6.45, 7) is 11.2. The highest BCUT2D eigenvalue weighted by atomic mass is 17.2. The Bertz CT molecular complexity index is 916. The van der Waals surface area contributed by atoms with E-state index in [1.165, 1.54) is 69.8 Å². The first-order chi connectivity index (χ1) is 24.0. The molecule has 0 unspecified atom stereocenters. The third kappa shape index (κ3) is 21.8. The molecule has 1 aliphatic rings. The molecule has 1 heterocycles. The van der Waals surface area contributed by atoms with Gasteiger partial charge in [-0.1, -0.05) is 128 Å². The van der Waals surface area contributed by atoms with Crippen molar-refractivity contribution in [2.45, 2.75) is 181 Å². The van der Waals surface area contributed by atoms with Crippen molar-refractivity contribution in [2.24, 2.45) is 5.41 Å². The fraction of sp³-hybridized carbons (Fsp3) is 0.810. The summed E-state index contributed by atoms with van der Waals surface area (Å²) in [5.41, 5.74) is 0.746. The van der Waals surface area contributed by atoms with Crippen LogP contribution in [-0.2, 0) is 35.4 Å². The molecule has 0 atom stereocenters. The van der Waals surface area contributed by atoms with Crippen LogP contribution < -0.4 is 0 Å². The van der Waals surface area contributed by atoms with Crippen molar-refractivity contribution in [3.05, 3.63) is 35.9 Å². The molecule has 282 valence electrons. The van der Waals surface area contributed by atoms with Gasteiger partial charge in [-0.25, -0.2) is 4.79 Å². The molecule has 1 fully saturated rings. The zero-order valence-corrected chi connectivity index (χ0v) is 31.9. The maximum absolute atomic E-state index is 13.6. The SMILES string of the molecule is CCCCCCCCC(CCCCCCCC)OC(=O)CC1(CC(=O)OOCCCCC)CCN(CCCCOCc2ccccc2)CC1. The second kappa shape index (κ2) is 28.7. The van der Waals surface area contributed by atoms with Gasteiger partial charge in [0.05, 0.1) is 26.1 Å². The lowest BCUT2D eigenvalue weighted by molar-refractivity contribution is -0.274. The first-order valence-electron chi connectivity index (χ1n) is 20.4. The van der Waals surface area contributed by atoms with E-state index in [9.17, 15) is 9.59 Å². The average molecular weight is 688 g/mol. The number of hydrogen-bond donors (Lipinski definition) is 0. The van der Waals surface area contributed by atoms with Gasteiger partial charge in [-0.05, 0) is 88.4 Å². The predicted molar refractivity (Wildman–Crippen MR) is 200 cm³/mol. The van der Waals surface area contributed by atoms with Crippen LogP contribution in [0.3, 0.4) is 0 Å². The van der Waals surface area contributed by atoms with Crippen LogP contribution in [0.5, 0.6) is 0 Å². The Balaban J connectivity index is 1.89. The van der Waals surface area contributed by atoms with Gasteiger partial charge in [-0.2, -0.15) is 4.89 Å². The second-order valence-corrected chi connectivity index (χ2v) is 14.6. The maximum atomic E-state index is 13.6. The lowest BCUT2D eigenvalue weighted by atomic mass is 9.73. The van der Waals surface area contributed by atoms with Gasteiger partial charge in [0.15, 0.2) is 0 Å². The average Bonchev–Trinajstić information content (AvgIpc) is 3.10. The van der Waals surface area contributed by atoms with Crippen molar-refractivity contribution in [1.29, 1.82) is 0 Å². The summed E-state index contributed by atoms with van der Waals surface area (Å²) < 4.78 is 12.1. The number of hydrogen-bond acceptors (Lipinski definition) is 7. The van der Waals surface area contributed by atoms with Crippen LogP contribution in [0, 0.1) is 5.41 Å². The van der Waals surface area contributed by atoms with E-state index in [2.05, 4.69) is 37.8 Å². The standard InChI is InChI=1S/C42H73NO6/c1-4-7-10-12-14-19-26-39(27-20-15-13-11-8-5-2)48-40(44)35-42(36-41(45)49-47-34-22-9-6-3)28-31-43(32-29-42)30-21-23-33-46-37-38-24-17-16-18-25-38/h16-18,24-25,39H,4-15,19-23,26-37H2,1-3H3. The maximum Gasteiger partial charge on any atom is 0.342 e. The topological polar surface area (TPSA) is 74.3 Å². The van der Waals surface area contributed by atoms with Crippen molar-refractivity contribution < 1.29 is 28.8 Å². The smallest absolute Gasteiger partial charge is 0.342 e. The summed E-state index contributed by atoms with van der Waals surface area (Å²) >= 11 is 0. The third-order valence-corrected chi connectivity index (χ3v) is 10.1. The molecule has 0 spiro atoms. The fourth-order valence-electron chi connectivity index (χ4n) is 6.93. The van der Waals surface area contributed by atoms with Gasteiger partial charge in [0, 0.05) is 6.61 Å². The summed E-state index contributed by atoms with van der Waals surface area (Å²) in [6.07, 6.45) is 23.7. The highest BCUT2D eigenvalue weighted by Crippen LogP contribution is 2.40.